The van der Waals surface area contributed by atoms with Crippen LogP contribution in [0.15, 0.2) is 0 Å². The SMILES string of the molecule is CN1CCN(C(=O)C2CCCC2O)C2(CCCCC2)C1. The van der Waals surface area contributed by atoms with Gasteiger partial charge in [-0.1, -0.05) is 19.3 Å². The number of hydrogen-bond donors (Lipinski definition) is 1. The lowest BCUT2D eigenvalue weighted by Gasteiger charge is -2.53. The van der Waals surface area contributed by atoms with Gasteiger partial charge in [0.2, 0.25) is 5.91 Å². The van der Waals surface area contributed by atoms with E-state index >= 15 is 0 Å². The van der Waals surface area contributed by atoms with Crippen LogP contribution in [0.2, 0.25) is 0 Å². The summed E-state index contributed by atoms with van der Waals surface area (Å²) in [4.78, 5) is 17.5. The van der Waals surface area contributed by atoms with Crippen molar-refractivity contribution in [3.63, 3.8) is 0 Å². The molecule has 4 nitrogen and oxygen atoms in total. The third kappa shape index (κ3) is 2.48. The normalized spacial score (nSPS) is 34.6. The van der Waals surface area contributed by atoms with Crippen LogP contribution in [-0.4, -0.2) is 59.1 Å². The van der Waals surface area contributed by atoms with Gasteiger partial charge in [0, 0.05) is 19.6 Å². The van der Waals surface area contributed by atoms with Crippen LogP contribution in [-0.2, 0) is 4.79 Å². The Hall–Kier alpha value is -0.610. The maximum Gasteiger partial charge on any atom is 0.228 e. The number of rotatable bonds is 1. The van der Waals surface area contributed by atoms with E-state index in [9.17, 15) is 9.90 Å². The fourth-order valence-corrected chi connectivity index (χ4v) is 4.59. The van der Waals surface area contributed by atoms with Gasteiger partial charge in [-0.3, -0.25) is 4.79 Å². The minimum Gasteiger partial charge on any atom is -0.392 e. The predicted molar refractivity (Wildman–Crippen MR) is 78.4 cm³/mol. The molecule has 0 aromatic rings. The highest BCUT2D eigenvalue weighted by Crippen LogP contribution is 2.39. The van der Waals surface area contributed by atoms with E-state index in [4.69, 9.17) is 0 Å². The van der Waals surface area contributed by atoms with Crippen LogP contribution in [0.25, 0.3) is 0 Å². The van der Waals surface area contributed by atoms with Crippen molar-refractivity contribution in [3.05, 3.63) is 0 Å². The quantitative estimate of drug-likeness (QED) is 0.794. The molecule has 1 N–H and O–H groups in total. The van der Waals surface area contributed by atoms with Crippen molar-refractivity contribution in [1.29, 1.82) is 0 Å². The first-order chi connectivity index (χ1) is 9.62. The average Bonchev–Trinajstić information content (AvgIpc) is 2.85. The maximum absolute atomic E-state index is 12.9. The molecule has 2 atom stereocenters. The van der Waals surface area contributed by atoms with Crippen LogP contribution in [0.1, 0.15) is 51.4 Å². The van der Waals surface area contributed by atoms with Gasteiger partial charge in [-0.25, -0.2) is 0 Å². The number of aliphatic hydroxyl groups is 1. The molecular formula is C16H28N2O2. The number of amides is 1. The number of hydrogen-bond acceptors (Lipinski definition) is 3. The third-order valence-electron chi connectivity index (χ3n) is 5.69. The van der Waals surface area contributed by atoms with Gasteiger partial charge in [-0.15, -0.1) is 0 Å². The number of carbonyl (C=O) groups is 1. The fraction of sp³-hybridized carbons (Fsp3) is 0.938. The van der Waals surface area contributed by atoms with Crippen LogP contribution in [0, 0.1) is 5.92 Å². The van der Waals surface area contributed by atoms with E-state index < -0.39 is 6.10 Å². The average molecular weight is 280 g/mol. The highest BCUT2D eigenvalue weighted by atomic mass is 16.3. The molecule has 3 rings (SSSR count). The molecular weight excluding hydrogens is 252 g/mol. The minimum absolute atomic E-state index is 0.0602. The Bertz CT molecular complexity index is 365. The lowest BCUT2D eigenvalue weighted by atomic mass is 9.78. The smallest absolute Gasteiger partial charge is 0.228 e. The molecule has 1 heterocycles. The molecule has 1 aliphatic heterocycles. The largest absolute Gasteiger partial charge is 0.392 e. The lowest BCUT2D eigenvalue weighted by Crippen LogP contribution is -2.65. The van der Waals surface area contributed by atoms with Crippen molar-refractivity contribution in [3.8, 4) is 0 Å². The predicted octanol–water partition coefficient (Wildman–Crippen LogP) is 1.62. The van der Waals surface area contributed by atoms with E-state index in [-0.39, 0.29) is 17.4 Å². The van der Waals surface area contributed by atoms with Gasteiger partial charge in [-0.05, 0) is 39.2 Å². The van der Waals surface area contributed by atoms with Gasteiger partial charge in [0.05, 0.1) is 17.6 Å². The first-order valence-electron chi connectivity index (χ1n) is 8.30. The van der Waals surface area contributed by atoms with Crippen molar-refractivity contribution in [2.24, 2.45) is 5.92 Å². The molecule has 2 saturated carbocycles. The fourth-order valence-electron chi connectivity index (χ4n) is 4.59. The Morgan fingerprint density at radius 3 is 2.50 bits per heavy atom. The third-order valence-corrected chi connectivity index (χ3v) is 5.69. The molecule has 0 aromatic heterocycles. The van der Waals surface area contributed by atoms with Gasteiger partial charge >= 0.3 is 0 Å². The first kappa shape index (κ1) is 14.3. The summed E-state index contributed by atoms with van der Waals surface area (Å²) < 4.78 is 0. The minimum atomic E-state index is -0.400. The highest BCUT2D eigenvalue weighted by molar-refractivity contribution is 5.80. The molecule has 0 aromatic carbocycles. The van der Waals surface area contributed by atoms with Crippen molar-refractivity contribution in [1.82, 2.24) is 9.80 Å². The standard InChI is InChI=1S/C16H28N2O2/c1-17-10-11-18(15(20)13-6-5-7-14(13)19)16(12-17)8-3-2-4-9-16/h13-14,19H,2-12H2,1H3. The van der Waals surface area contributed by atoms with E-state index in [1.54, 1.807) is 0 Å². The van der Waals surface area contributed by atoms with Gasteiger partial charge in [-0.2, -0.15) is 0 Å². The Labute approximate surface area is 122 Å². The Morgan fingerprint density at radius 1 is 1.10 bits per heavy atom. The summed E-state index contributed by atoms with van der Waals surface area (Å²) in [6, 6.07) is 0. The van der Waals surface area contributed by atoms with Crippen LogP contribution in [0.3, 0.4) is 0 Å². The maximum atomic E-state index is 12.9. The second kappa shape index (κ2) is 5.64. The number of piperazine rings is 1. The number of nitrogens with zero attached hydrogens (tertiary/aromatic N) is 2. The molecule has 2 aliphatic carbocycles. The van der Waals surface area contributed by atoms with Gasteiger partial charge in [0.25, 0.3) is 0 Å². The molecule has 2 unspecified atom stereocenters. The molecule has 0 bridgehead atoms. The van der Waals surface area contributed by atoms with E-state index in [0.717, 1.165) is 51.7 Å². The van der Waals surface area contributed by atoms with Gasteiger partial charge in [0.15, 0.2) is 0 Å². The summed E-state index contributed by atoms with van der Waals surface area (Å²) in [6.45, 7) is 2.83. The van der Waals surface area contributed by atoms with Gasteiger partial charge in [0.1, 0.15) is 0 Å². The zero-order chi connectivity index (χ0) is 14.2. The summed E-state index contributed by atoms with van der Waals surface area (Å²) in [5.41, 5.74) is 0.0602. The first-order valence-corrected chi connectivity index (χ1v) is 8.30. The monoisotopic (exact) mass is 280 g/mol. The number of likely N-dealkylation sites (N-methyl/N-ethyl adjacent to an activating group) is 1. The molecule has 1 amide bonds. The Morgan fingerprint density at radius 2 is 1.85 bits per heavy atom. The Kier molecular flexibility index (Phi) is 4.04. The summed E-state index contributed by atoms with van der Waals surface area (Å²) in [5.74, 6) is 0.113. The zero-order valence-electron chi connectivity index (χ0n) is 12.7. The molecule has 4 heteroatoms. The van der Waals surface area contributed by atoms with Crippen molar-refractivity contribution in [2.45, 2.75) is 63.0 Å². The lowest BCUT2D eigenvalue weighted by molar-refractivity contribution is -0.151. The summed E-state index contributed by atoms with van der Waals surface area (Å²) >= 11 is 0. The molecule has 3 aliphatic rings. The molecule has 3 fully saturated rings. The summed E-state index contributed by atoms with van der Waals surface area (Å²) in [6.07, 6.45) is 8.35. The van der Waals surface area contributed by atoms with Crippen LogP contribution in [0.5, 0.6) is 0 Å². The van der Waals surface area contributed by atoms with Crippen molar-refractivity contribution >= 4 is 5.91 Å². The molecule has 20 heavy (non-hydrogen) atoms. The van der Waals surface area contributed by atoms with Gasteiger partial charge < -0.3 is 14.9 Å². The zero-order valence-corrected chi connectivity index (χ0v) is 12.7. The van der Waals surface area contributed by atoms with Crippen molar-refractivity contribution < 1.29 is 9.90 Å². The highest BCUT2D eigenvalue weighted by Gasteiger charge is 2.46. The van der Waals surface area contributed by atoms with E-state index in [1.165, 1.54) is 19.3 Å². The molecule has 0 radical (unpaired) electrons. The van der Waals surface area contributed by atoms with Crippen LogP contribution in [0.4, 0.5) is 0 Å². The second-order valence-corrected chi connectivity index (χ2v) is 7.12. The van der Waals surface area contributed by atoms with Crippen molar-refractivity contribution in [2.75, 3.05) is 26.7 Å². The topological polar surface area (TPSA) is 43.8 Å². The van der Waals surface area contributed by atoms with Crippen LogP contribution < -0.4 is 0 Å². The van der Waals surface area contributed by atoms with E-state index in [1.807, 2.05) is 0 Å². The molecule has 1 saturated heterocycles. The summed E-state index contributed by atoms with van der Waals surface area (Å²) in [5, 5.41) is 10.1. The summed E-state index contributed by atoms with van der Waals surface area (Å²) in [7, 11) is 2.17. The molecule has 114 valence electrons. The van der Waals surface area contributed by atoms with E-state index in [0.29, 0.717) is 0 Å². The Balaban J connectivity index is 1.79. The number of aliphatic hydroxyl groups excluding tert-OH is 1. The van der Waals surface area contributed by atoms with Crippen LogP contribution >= 0.6 is 0 Å². The molecule has 1 spiro atoms. The number of carbonyl (C=O) groups excluding carboxylic acids is 1. The second-order valence-electron chi connectivity index (χ2n) is 7.12. The van der Waals surface area contributed by atoms with E-state index in [2.05, 4.69) is 16.8 Å².